The fourth-order valence-electron chi connectivity index (χ4n) is 1.40. The van der Waals surface area contributed by atoms with Gasteiger partial charge in [0, 0.05) is 5.56 Å². The quantitative estimate of drug-likeness (QED) is 0.484. The van der Waals surface area contributed by atoms with Crippen molar-refractivity contribution in [2.45, 2.75) is 6.18 Å². The Bertz CT molecular complexity index is 483. The van der Waals surface area contributed by atoms with E-state index in [4.69, 9.17) is 11.6 Å². The number of carbonyl (C=O) groups is 2. The zero-order chi connectivity index (χ0) is 13.9. The summed E-state index contributed by atoms with van der Waals surface area (Å²) in [7, 11) is 1.13. The fraction of sp³-hybridized carbons (Fsp3) is 0.273. The van der Waals surface area contributed by atoms with Crippen LogP contribution in [0.5, 0.6) is 5.75 Å². The van der Waals surface area contributed by atoms with Crippen LogP contribution in [0.15, 0.2) is 12.1 Å². The first kappa shape index (κ1) is 14.5. The summed E-state index contributed by atoms with van der Waals surface area (Å²) >= 11 is 5.24. The van der Waals surface area contributed by atoms with Crippen molar-refractivity contribution in [2.24, 2.45) is 0 Å². The molecule has 7 heteroatoms. The van der Waals surface area contributed by atoms with Crippen molar-refractivity contribution in [1.29, 1.82) is 0 Å². The van der Waals surface area contributed by atoms with Crippen LogP contribution >= 0.6 is 11.6 Å². The van der Waals surface area contributed by atoms with Gasteiger partial charge in [0.2, 0.25) is 0 Å². The number of hydrogen-bond acceptors (Lipinski definition) is 3. The normalized spacial score (nSPS) is 11.2. The van der Waals surface area contributed by atoms with E-state index in [1.807, 2.05) is 0 Å². The molecule has 0 amide bonds. The van der Waals surface area contributed by atoms with Gasteiger partial charge in [0.25, 0.3) is 0 Å². The lowest BCUT2D eigenvalue weighted by molar-refractivity contribution is -0.138. The summed E-state index contributed by atoms with van der Waals surface area (Å²) in [6.07, 6.45) is -4.42. The predicted octanol–water partition coefficient (Wildman–Crippen LogP) is 2.95. The zero-order valence-corrected chi connectivity index (χ0v) is 9.93. The molecule has 0 radical (unpaired) electrons. The molecule has 0 spiro atoms. The van der Waals surface area contributed by atoms with E-state index in [2.05, 4.69) is 4.74 Å². The molecular formula is C11H8ClF3O3. The first-order valence-electron chi connectivity index (χ1n) is 4.68. The summed E-state index contributed by atoms with van der Waals surface area (Å²) in [6.45, 7) is 0. The molecule has 1 rings (SSSR count). The van der Waals surface area contributed by atoms with Crippen molar-refractivity contribution < 1.29 is 27.5 Å². The summed E-state index contributed by atoms with van der Waals surface area (Å²) in [6, 6.07) is 1.45. The average Bonchev–Trinajstić information content (AvgIpc) is 2.34. The molecule has 0 heterocycles. The van der Waals surface area contributed by atoms with E-state index in [0.717, 1.165) is 13.2 Å². The molecule has 0 unspecified atom stereocenters. The number of methoxy groups -OCH3 is 1. The highest BCUT2D eigenvalue weighted by molar-refractivity contribution is 6.30. The molecule has 0 saturated heterocycles. The van der Waals surface area contributed by atoms with Crippen molar-refractivity contribution in [3.05, 3.63) is 28.8 Å². The molecule has 0 N–H and O–H groups in total. The van der Waals surface area contributed by atoms with E-state index in [1.54, 1.807) is 0 Å². The molecule has 0 fully saturated rings. The van der Waals surface area contributed by atoms with Crippen molar-refractivity contribution in [1.82, 2.24) is 0 Å². The lowest BCUT2D eigenvalue weighted by atomic mass is 10.00. The zero-order valence-electron chi connectivity index (χ0n) is 9.18. The van der Waals surface area contributed by atoms with Crippen LogP contribution in [0, 0.1) is 0 Å². The maximum Gasteiger partial charge on any atom is 0.417 e. The Balaban J connectivity index is 3.56. The standard InChI is InChI=1S/C11H8ClF3O3/c1-18-10-3-8(11(13,14)15)7(9(17)4-12)2-6(10)5-16/h2-3,5H,4H2,1H3. The van der Waals surface area contributed by atoms with E-state index < -0.39 is 29.0 Å². The lowest BCUT2D eigenvalue weighted by Gasteiger charge is -2.14. The van der Waals surface area contributed by atoms with Crippen molar-refractivity contribution in [2.75, 3.05) is 13.0 Å². The molecule has 0 aliphatic rings. The van der Waals surface area contributed by atoms with E-state index in [0.29, 0.717) is 12.4 Å². The minimum atomic E-state index is -4.73. The molecule has 1 aromatic carbocycles. The summed E-state index contributed by atoms with van der Waals surface area (Å²) < 4.78 is 42.9. The van der Waals surface area contributed by atoms with Gasteiger partial charge in [-0.15, -0.1) is 11.6 Å². The molecule has 18 heavy (non-hydrogen) atoms. The van der Waals surface area contributed by atoms with Gasteiger partial charge in [-0.25, -0.2) is 0 Å². The van der Waals surface area contributed by atoms with E-state index in [1.165, 1.54) is 0 Å². The van der Waals surface area contributed by atoms with Gasteiger partial charge in [0.15, 0.2) is 12.1 Å². The maximum absolute atomic E-state index is 12.8. The Morgan fingerprint density at radius 1 is 1.44 bits per heavy atom. The molecular weight excluding hydrogens is 273 g/mol. The van der Waals surface area contributed by atoms with E-state index >= 15 is 0 Å². The first-order valence-corrected chi connectivity index (χ1v) is 5.22. The molecule has 0 aromatic heterocycles. The molecule has 0 atom stereocenters. The molecule has 0 bridgehead atoms. The number of aldehydes is 1. The van der Waals surface area contributed by atoms with Crippen molar-refractivity contribution in [3.8, 4) is 5.75 Å². The van der Waals surface area contributed by atoms with Gasteiger partial charge in [0.05, 0.1) is 24.1 Å². The fourth-order valence-corrected chi connectivity index (χ4v) is 1.55. The van der Waals surface area contributed by atoms with Gasteiger partial charge in [-0.1, -0.05) is 0 Å². The van der Waals surface area contributed by atoms with Crippen LogP contribution in [0.2, 0.25) is 0 Å². The molecule has 0 aliphatic carbocycles. The van der Waals surface area contributed by atoms with Gasteiger partial charge >= 0.3 is 6.18 Å². The van der Waals surface area contributed by atoms with Gasteiger partial charge in [-0.05, 0) is 12.1 Å². The minimum Gasteiger partial charge on any atom is -0.496 e. The Morgan fingerprint density at radius 2 is 2.06 bits per heavy atom. The van der Waals surface area contributed by atoms with Crippen LogP contribution < -0.4 is 4.74 Å². The molecule has 3 nitrogen and oxygen atoms in total. The number of Topliss-reactive ketones (excluding diaryl/α,β-unsaturated/α-hetero) is 1. The highest BCUT2D eigenvalue weighted by Gasteiger charge is 2.36. The lowest BCUT2D eigenvalue weighted by Crippen LogP contribution is -2.15. The van der Waals surface area contributed by atoms with Gasteiger partial charge in [-0.2, -0.15) is 13.2 Å². The highest BCUT2D eigenvalue weighted by Crippen LogP contribution is 2.36. The Labute approximate surface area is 105 Å². The topological polar surface area (TPSA) is 43.4 Å². The largest absolute Gasteiger partial charge is 0.496 e. The maximum atomic E-state index is 12.8. The SMILES string of the molecule is COc1cc(C(F)(F)F)c(C(=O)CCl)cc1C=O. The molecule has 0 aliphatic heterocycles. The van der Waals surface area contributed by atoms with E-state index in [-0.39, 0.29) is 11.3 Å². The summed E-state index contributed by atoms with van der Waals surface area (Å²) in [5.41, 5.74) is -1.95. The first-order chi connectivity index (χ1) is 8.35. The van der Waals surface area contributed by atoms with Crippen molar-refractivity contribution >= 4 is 23.7 Å². The average molecular weight is 281 g/mol. The summed E-state index contributed by atoms with van der Waals surface area (Å²) in [4.78, 5) is 22.1. The number of benzene rings is 1. The smallest absolute Gasteiger partial charge is 0.417 e. The van der Waals surface area contributed by atoms with Gasteiger partial charge < -0.3 is 4.74 Å². The second-order valence-corrected chi connectivity index (χ2v) is 3.58. The number of halogens is 4. The third-order valence-corrected chi connectivity index (χ3v) is 2.47. The van der Waals surface area contributed by atoms with Crippen LogP contribution in [0.25, 0.3) is 0 Å². The molecule has 1 aromatic rings. The number of rotatable bonds is 4. The monoisotopic (exact) mass is 280 g/mol. The second kappa shape index (κ2) is 5.39. The molecule has 0 saturated carbocycles. The Kier molecular flexibility index (Phi) is 4.34. The van der Waals surface area contributed by atoms with Crippen LogP contribution in [-0.4, -0.2) is 25.1 Å². The summed E-state index contributed by atoms with van der Waals surface area (Å²) in [5.74, 6) is -1.76. The third-order valence-electron chi connectivity index (χ3n) is 2.22. The van der Waals surface area contributed by atoms with Crippen LogP contribution in [0.3, 0.4) is 0 Å². The van der Waals surface area contributed by atoms with Gasteiger partial charge in [-0.3, -0.25) is 9.59 Å². The Morgan fingerprint density at radius 3 is 2.44 bits per heavy atom. The second-order valence-electron chi connectivity index (χ2n) is 3.31. The van der Waals surface area contributed by atoms with Gasteiger partial charge in [0.1, 0.15) is 5.75 Å². The Hall–Kier alpha value is -1.56. The van der Waals surface area contributed by atoms with Crippen LogP contribution in [0.4, 0.5) is 13.2 Å². The van der Waals surface area contributed by atoms with Crippen LogP contribution in [0.1, 0.15) is 26.3 Å². The number of ketones is 1. The number of alkyl halides is 4. The number of ether oxygens (including phenoxy) is 1. The predicted molar refractivity (Wildman–Crippen MR) is 58.4 cm³/mol. The summed E-state index contributed by atoms with van der Waals surface area (Å²) in [5, 5.41) is 0. The highest BCUT2D eigenvalue weighted by atomic mass is 35.5. The minimum absolute atomic E-state index is 0.140. The number of carbonyl (C=O) groups excluding carboxylic acids is 2. The van der Waals surface area contributed by atoms with E-state index in [9.17, 15) is 22.8 Å². The van der Waals surface area contributed by atoms with Crippen molar-refractivity contribution in [3.63, 3.8) is 0 Å². The van der Waals surface area contributed by atoms with Crippen LogP contribution in [-0.2, 0) is 6.18 Å². The number of hydrogen-bond donors (Lipinski definition) is 0. The third kappa shape index (κ3) is 2.81. The molecule has 98 valence electrons.